The molecule has 0 fully saturated rings. The summed E-state index contributed by atoms with van der Waals surface area (Å²) in [6.45, 7) is 7.28. The van der Waals surface area contributed by atoms with Crippen LogP contribution in [0.4, 0.5) is 0 Å². The third kappa shape index (κ3) is 5.59. The number of ether oxygens (including phenoxy) is 2. The van der Waals surface area contributed by atoms with Gasteiger partial charge in [-0.3, -0.25) is 0 Å². The highest BCUT2D eigenvalue weighted by Gasteiger charge is 2.08. The molecule has 0 aliphatic heterocycles. The molecule has 1 rings (SSSR count). The van der Waals surface area contributed by atoms with Crippen molar-refractivity contribution in [2.24, 2.45) is 0 Å². The molecule has 1 N–H and O–H groups in total. The first kappa shape index (κ1) is 14.6. The topological polar surface area (TPSA) is 43.4 Å². The Morgan fingerprint density at radius 1 is 1.41 bits per heavy atom. The maximum Gasteiger partial charge on any atom is 0.0951 e. The fourth-order valence-corrected chi connectivity index (χ4v) is 2.38. The Bertz CT molecular complexity index is 304. The van der Waals surface area contributed by atoms with Crippen LogP contribution < -0.4 is 5.32 Å². The van der Waals surface area contributed by atoms with E-state index < -0.39 is 0 Å². The van der Waals surface area contributed by atoms with Crippen LogP contribution in [0, 0.1) is 0 Å². The monoisotopic (exact) mass is 258 g/mol. The van der Waals surface area contributed by atoms with Crippen molar-refractivity contribution in [3.63, 3.8) is 0 Å². The van der Waals surface area contributed by atoms with Gasteiger partial charge in [-0.05, 0) is 13.5 Å². The van der Waals surface area contributed by atoms with Crippen molar-refractivity contribution in [3.8, 4) is 0 Å². The predicted octanol–water partition coefficient (Wildman–Crippen LogP) is 2.02. The molecule has 0 bridgehead atoms. The lowest BCUT2D eigenvalue weighted by Crippen LogP contribution is -2.16. The summed E-state index contributed by atoms with van der Waals surface area (Å²) in [5.74, 6) is 0. The van der Waals surface area contributed by atoms with Crippen molar-refractivity contribution in [2.75, 3.05) is 33.5 Å². The van der Waals surface area contributed by atoms with Gasteiger partial charge < -0.3 is 14.8 Å². The lowest BCUT2D eigenvalue weighted by molar-refractivity contribution is 0.0722. The average molecular weight is 258 g/mol. The summed E-state index contributed by atoms with van der Waals surface area (Å²) >= 11 is 1.76. The molecule has 0 aliphatic carbocycles. The van der Waals surface area contributed by atoms with Gasteiger partial charge in [-0.2, -0.15) is 0 Å². The van der Waals surface area contributed by atoms with Crippen molar-refractivity contribution in [2.45, 2.75) is 26.3 Å². The third-order valence-electron chi connectivity index (χ3n) is 2.40. The molecule has 0 amide bonds. The van der Waals surface area contributed by atoms with E-state index in [9.17, 15) is 0 Å². The first-order chi connectivity index (χ1) is 8.27. The highest BCUT2D eigenvalue weighted by Crippen LogP contribution is 2.20. The van der Waals surface area contributed by atoms with Gasteiger partial charge >= 0.3 is 0 Å². The van der Waals surface area contributed by atoms with Crippen molar-refractivity contribution >= 4 is 11.3 Å². The number of hydrogen-bond acceptors (Lipinski definition) is 5. The van der Waals surface area contributed by atoms with E-state index in [1.165, 1.54) is 4.88 Å². The Balaban J connectivity index is 2.25. The molecule has 1 aromatic rings. The van der Waals surface area contributed by atoms with Crippen LogP contribution in [0.15, 0.2) is 6.20 Å². The zero-order chi connectivity index (χ0) is 12.5. The van der Waals surface area contributed by atoms with Crippen molar-refractivity contribution in [1.29, 1.82) is 0 Å². The normalized spacial score (nSPS) is 12.9. The minimum absolute atomic E-state index is 0.389. The van der Waals surface area contributed by atoms with Gasteiger partial charge in [-0.25, -0.2) is 4.98 Å². The summed E-state index contributed by atoms with van der Waals surface area (Å²) in [6.07, 6.45) is 2.84. The SMILES string of the molecule is CCNC(C)c1cnc(CCOCCOC)s1. The van der Waals surface area contributed by atoms with Crippen molar-refractivity contribution in [3.05, 3.63) is 16.1 Å². The Hall–Kier alpha value is -0.490. The molecule has 98 valence electrons. The molecule has 0 aliphatic rings. The predicted molar refractivity (Wildman–Crippen MR) is 70.6 cm³/mol. The van der Waals surface area contributed by atoms with E-state index >= 15 is 0 Å². The van der Waals surface area contributed by atoms with Crippen LogP contribution in [0.1, 0.15) is 29.8 Å². The van der Waals surface area contributed by atoms with E-state index in [0.717, 1.165) is 18.0 Å². The largest absolute Gasteiger partial charge is 0.382 e. The maximum absolute atomic E-state index is 5.42. The van der Waals surface area contributed by atoms with Crippen molar-refractivity contribution < 1.29 is 9.47 Å². The molecule has 0 spiro atoms. The minimum atomic E-state index is 0.389. The number of aromatic nitrogens is 1. The smallest absolute Gasteiger partial charge is 0.0951 e. The Morgan fingerprint density at radius 2 is 2.24 bits per heavy atom. The summed E-state index contributed by atoms with van der Waals surface area (Å²) in [5.41, 5.74) is 0. The third-order valence-corrected chi connectivity index (χ3v) is 3.64. The lowest BCUT2D eigenvalue weighted by atomic mass is 10.3. The van der Waals surface area contributed by atoms with Crippen LogP contribution in [-0.2, 0) is 15.9 Å². The van der Waals surface area contributed by atoms with Gasteiger partial charge in [-0.15, -0.1) is 11.3 Å². The molecule has 1 unspecified atom stereocenters. The minimum Gasteiger partial charge on any atom is -0.382 e. The van der Waals surface area contributed by atoms with Crippen LogP contribution in [0.5, 0.6) is 0 Å². The van der Waals surface area contributed by atoms with Crippen LogP contribution in [0.3, 0.4) is 0 Å². The molecule has 1 heterocycles. The van der Waals surface area contributed by atoms with E-state index in [0.29, 0.717) is 25.9 Å². The Labute approximate surface area is 107 Å². The number of methoxy groups -OCH3 is 1. The summed E-state index contributed by atoms with van der Waals surface area (Å²) in [7, 11) is 1.68. The molecular formula is C12H22N2O2S. The Morgan fingerprint density at radius 3 is 2.94 bits per heavy atom. The second-order valence-electron chi connectivity index (χ2n) is 3.79. The number of thiazole rings is 1. The molecule has 0 saturated heterocycles. The van der Waals surface area contributed by atoms with Crippen LogP contribution in [0.2, 0.25) is 0 Å². The van der Waals surface area contributed by atoms with Gasteiger partial charge in [0, 0.05) is 30.6 Å². The second kappa shape index (κ2) is 8.58. The first-order valence-corrected chi connectivity index (χ1v) is 6.84. The van der Waals surface area contributed by atoms with Gasteiger partial charge in [0.2, 0.25) is 0 Å². The van der Waals surface area contributed by atoms with Gasteiger partial charge in [0.15, 0.2) is 0 Å². The molecule has 17 heavy (non-hydrogen) atoms. The number of rotatable bonds is 9. The van der Waals surface area contributed by atoms with Crippen LogP contribution >= 0.6 is 11.3 Å². The molecule has 4 nitrogen and oxygen atoms in total. The zero-order valence-corrected chi connectivity index (χ0v) is 11.7. The molecule has 1 aromatic heterocycles. The Kier molecular flexibility index (Phi) is 7.35. The number of hydrogen-bond donors (Lipinski definition) is 1. The quantitative estimate of drug-likeness (QED) is 0.688. The summed E-state index contributed by atoms with van der Waals surface area (Å²) in [4.78, 5) is 5.70. The molecule has 0 radical (unpaired) electrons. The second-order valence-corrected chi connectivity index (χ2v) is 4.94. The van der Waals surface area contributed by atoms with Crippen molar-refractivity contribution in [1.82, 2.24) is 10.3 Å². The highest BCUT2D eigenvalue weighted by molar-refractivity contribution is 7.11. The van der Waals surface area contributed by atoms with Crippen LogP contribution in [-0.4, -0.2) is 38.5 Å². The summed E-state index contributed by atoms with van der Waals surface area (Å²) in [6, 6.07) is 0.389. The van der Waals surface area contributed by atoms with E-state index in [1.54, 1.807) is 18.4 Å². The zero-order valence-electron chi connectivity index (χ0n) is 10.9. The molecular weight excluding hydrogens is 236 g/mol. The fraction of sp³-hybridized carbons (Fsp3) is 0.750. The fourth-order valence-electron chi connectivity index (χ4n) is 1.45. The van der Waals surface area contributed by atoms with E-state index in [2.05, 4.69) is 24.1 Å². The standard InChI is InChI=1S/C12H22N2O2S/c1-4-13-10(2)11-9-14-12(17-11)5-6-16-8-7-15-3/h9-10,13H,4-8H2,1-3H3. The van der Waals surface area contributed by atoms with Gasteiger partial charge in [0.05, 0.1) is 24.8 Å². The molecule has 0 saturated carbocycles. The van der Waals surface area contributed by atoms with Crippen LogP contribution in [0.25, 0.3) is 0 Å². The first-order valence-electron chi connectivity index (χ1n) is 6.02. The summed E-state index contributed by atoms with van der Waals surface area (Å²) in [5, 5.41) is 4.52. The molecule has 0 aromatic carbocycles. The van der Waals surface area contributed by atoms with Gasteiger partial charge in [-0.1, -0.05) is 6.92 Å². The van der Waals surface area contributed by atoms with E-state index in [1.807, 2.05) is 6.20 Å². The molecule has 5 heteroatoms. The number of nitrogens with zero attached hydrogens (tertiary/aromatic N) is 1. The van der Waals surface area contributed by atoms with E-state index in [-0.39, 0.29) is 0 Å². The number of nitrogens with one attached hydrogen (secondary N) is 1. The average Bonchev–Trinajstić information content (AvgIpc) is 2.78. The maximum atomic E-state index is 5.42. The lowest BCUT2D eigenvalue weighted by Gasteiger charge is -2.08. The van der Waals surface area contributed by atoms with E-state index in [4.69, 9.17) is 9.47 Å². The highest BCUT2D eigenvalue weighted by atomic mass is 32.1. The summed E-state index contributed by atoms with van der Waals surface area (Å²) < 4.78 is 10.3. The van der Waals surface area contributed by atoms with Gasteiger partial charge in [0.1, 0.15) is 0 Å². The molecule has 1 atom stereocenters. The van der Waals surface area contributed by atoms with Gasteiger partial charge in [0.25, 0.3) is 0 Å².